The summed E-state index contributed by atoms with van der Waals surface area (Å²) in [6.45, 7) is 0. The van der Waals surface area contributed by atoms with Crippen molar-refractivity contribution in [1.82, 2.24) is 0 Å². The summed E-state index contributed by atoms with van der Waals surface area (Å²) in [5.41, 5.74) is 15.2. The Morgan fingerprint density at radius 1 is 0.133 bits per heavy atom. The minimum absolute atomic E-state index is 0. The van der Waals surface area contributed by atoms with Gasteiger partial charge in [0.25, 0.3) is 0 Å². The molecule has 0 aliphatic heterocycles. The van der Waals surface area contributed by atoms with Gasteiger partial charge < -0.3 is 49.6 Å². The smallest absolute Gasteiger partial charge is 1.00 e. The summed E-state index contributed by atoms with van der Waals surface area (Å²) in [5.74, 6) is 0. The summed E-state index contributed by atoms with van der Waals surface area (Å²) >= 11 is 0. The number of benzene rings is 12. The van der Waals surface area contributed by atoms with E-state index in [-0.39, 0.29) is 66.4 Å². The fraction of sp³-hybridized carbons (Fsp3) is 0. The SMILES string of the molecule is Pc1cccc(-c2ccccc2)c1.Pc1cccc(-c2ccccc2)c1.Pc1cccc(-c2ccccc2)c1.Pc1cccc(-c2ccccc2)c1.Pc1cccc(-c2ccccc2)c1.Pc1cccc(-c2ccccc2)c1.[Cl-].[Cl-].[Cl-].[Cl-].[Co+3]. The van der Waals surface area contributed by atoms with Gasteiger partial charge in [-0.05, 0) is 135 Å². The Labute approximate surface area is 543 Å². The van der Waals surface area contributed by atoms with Crippen LogP contribution in [0.1, 0.15) is 0 Å². The van der Waals surface area contributed by atoms with Gasteiger partial charge in [-0.15, -0.1) is 55.4 Å². The third-order valence-electron chi connectivity index (χ3n) is 12.0. The van der Waals surface area contributed by atoms with E-state index in [9.17, 15) is 0 Å². The van der Waals surface area contributed by atoms with Crippen LogP contribution in [0, 0.1) is 0 Å². The van der Waals surface area contributed by atoms with Gasteiger partial charge >= 0.3 is 16.8 Å². The van der Waals surface area contributed by atoms with Gasteiger partial charge in [-0.2, -0.15) is 0 Å². The van der Waals surface area contributed by atoms with Crippen LogP contribution in [0.2, 0.25) is 0 Å². The van der Waals surface area contributed by atoms with Crippen molar-refractivity contribution in [1.29, 1.82) is 0 Å². The van der Waals surface area contributed by atoms with Gasteiger partial charge in [-0.3, -0.25) is 0 Å². The fourth-order valence-corrected chi connectivity index (χ4v) is 9.84. The van der Waals surface area contributed by atoms with Gasteiger partial charge in [0.15, 0.2) is 0 Å². The Morgan fingerprint density at radius 3 is 0.349 bits per heavy atom. The predicted octanol–water partition coefficient (Wildman–Crippen LogP) is 5.14. The molecule has 12 aromatic rings. The molecule has 12 aromatic carbocycles. The van der Waals surface area contributed by atoms with E-state index in [0.717, 1.165) is 0 Å². The van der Waals surface area contributed by atoms with Crippen molar-refractivity contribution in [3.05, 3.63) is 328 Å². The number of rotatable bonds is 6. The van der Waals surface area contributed by atoms with Crippen molar-refractivity contribution in [2.45, 2.75) is 0 Å². The van der Waals surface area contributed by atoms with Crippen LogP contribution in [0.3, 0.4) is 0 Å². The van der Waals surface area contributed by atoms with E-state index in [1.54, 1.807) is 0 Å². The fourth-order valence-electron chi connectivity index (χ4n) is 8.09. The van der Waals surface area contributed by atoms with E-state index >= 15 is 0 Å². The summed E-state index contributed by atoms with van der Waals surface area (Å²) in [7, 11) is 16.3. The molecule has 0 saturated heterocycles. The van der Waals surface area contributed by atoms with E-state index in [0.29, 0.717) is 0 Å². The monoisotopic (exact) mass is 1320 g/mol. The molecule has 0 nitrogen and oxygen atoms in total. The molecule has 0 fully saturated rings. The average Bonchev–Trinajstić information content (AvgIpc) is 3.49. The molecule has 0 aliphatic rings. The van der Waals surface area contributed by atoms with Crippen molar-refractivity contribution in [3.63, 3.8) is 0 Å². The molecule has 0 spiro atoms. The van der Waals surface area contributed by atoms with Crippen molar-refractivity contribution in [2.75, 3.05) is 0 Å². The molecule has 0 saturated carbocycles. The zero-order chi connectivity index (χ0) is 54.6. The van der Waals surface area contributed by atoms with Crippen LogP contribution in [0.5, 0.6) is 0 Å². The van der Waals surface area contributed by atoms with Crippen molar-refractivity contribution in [2.24, 2.45) is 0 Å². The first kappa shape index (κ1) is 74.0. The summed E-state index contributed by atoms with van der Waals surface area (Å²) < 4.78 is 0. The largest absolute Gasteiger partial charge is 3.00 e. The van der Waals surface area contributed by atoms with Crippen molar-refractivity contribution in [3.8, 4) is 66.8 Å². The maximum atomic E-state index is 2.71. The van der Waals surface area contributed by atoms with Gasteiger partial charge in [0, 0.05) is 0 Å². The zero-order valence-electron chi connectivity index (χ0n) is 45.5. The molecule has 6 atom stereocenters. The molecule has 0 bridgehead atoms. The minimum atomic E-state index is 0. The first-order chi connectivity index (χ1) is 38.2. The van der Waals surface area contributed by atoms with Gasteiger partial charge in [-0.25, -0.2) is 0 Å². The van der Waals surface area contributed by atoms with Crippen LogP contribution >= 0.6 is 55.4 Å². The Balaban J connectivity index is 0.000000336. The number of halogens is 4. The van der Waals surface area contributed by atoms with E-state index in [1.165, 1.54) is 98.6 Å². The Morgan fingerprint density at radius 2 is 0.241 bits per heavy atom. The average molecular weight is 1320 g/mol. The van der Waals surface area contributed by atoms with E-state index in [4.69, 9.17) is 0 Å². The molecule has 0 radical (unpaired) electrons. The predicted molar refractivity (Wildman–Crippen MR) is 367 cm³/mol. The van der Waals surface area contributed by atoms with E-state index in [1.807, 2.05) is 36.4 Å². The molecule has 11 heteroatoms. The molecular formula is C72H66Cl4CoP6-. The van der Waals surface area contributed by atoms with Crippen LogP contribution in [-0.4, -0.2) is 0 Å². The van der Waals surface area contributed by atoms with E-state index < -0.39 is 0 Å². The maximum absolute atomic E-state index is 2.71. The first-order valence-electron chi connectivity index (χ1n) is 25.6. The van der Waals surface area contributed by atoms with Crippen LogP contribution in [0.25, 0.3) is 66.8 Å². The van der Waals surface area contributed by atoms with Crippen LogP contribution in [0.4, 0.5) is 0 Å². The number of hydrogen-bond acceptors (Lipinski definition) is 0. The van der Waals surface area contributed by atoms with Crippen molar-refractivity contribution < 1.29 is 66.4 Å². The molecule has 0 amide bonds. The third-order valence-corrected chi connectivity index (χ3v) is 14.1. The zero-order valence-corrected chi connectivity index (χ0v) is 56.5. The minimum Gasteiger partial charge on any atom is -1.00 e. The van der Waals surface area contributed by atoms with E-state index in [2.05, 4.69) is 347 Å². The Bertz CT molecular complexity index is 3020. The molecule has 0 N–H and O–H groups in total. The standard InChI is InChI=1S/6C12H11P.4ClH.Co/c6*13-12-8-4-7-11(9-12)10-5-2-1-3-6-10;;;;;/h6*1-9H,13H2;4*1H;/q;;;;;;;;;;+3/p-4. The second-order valence-corrected chi connectivity index (χ2v) is 21.9. The normalized spacial score (nSPS) is 9.33. The topological polar surface area (TPSA) is 0 Å². The van der Waals surface area contributed by atoms with Gasteiger partial charge in [0.05, 0.1) is 0 Å². The molecular weight excluding hydrogens is 1250 g/mol. The summed E-state index contributed by atoms with van der Waals surface area (Å²) in [6.07, 6.45) is 0. The van der Waals surface area contributed by atoms with Crippen LogP contribution < -0.4 is 81.5 Å². The summed E-state index contributed by atoms with van der Waals surface area (Å²) in [6, 6.07) is 113. The van der Waals surface area contributed by atoms with Crippen molar-refractivity contribution >= 4 is 87.3 Å². The maximum Gasteiger partial charge on any atom is 3.00 e. The molecule has 422 valence electrons. The second kappa shape index (κ2) is 41.8. The second-order valence-electron chi connectivity index (χ2n) is 17.9. The number of hydrogen-bond donors (Lipinski definition) is 0. The first-order valence-corrected chi connectivity index (χ1v) is 29.1. The van der Waals surface area contributed by atoms with Crippen LogP contribution in [-0.2, 0) is 16.8 Å². The summed E-state index contributed by atoms with van der Waals surface area (Å²) in [4.78, 5) is 0. The molecule has 12 rings (SSSR count). The third kappa shape index (κ3) is 26.8. The van der Waals surface area contributed by atoms with Crippen LogP contribution in [0.15, 0.2) is 328 Å². The quantitative estimate of drug-likeness (QED) is 0.203. The Kier molecular flexibility index (Phi) is 37.3. The molecule has 0 aliphatic carbocycles. The molecule has 0 heterocycles. The van der Waals surface area contributed by atoms with Gasteiger partial charge in [0.1, 0.15) is 0 Å². The summed E-state index contributed by atoms with van der Waals surface area (Å²) in [5, 5.41) is 7.34. The molecule has 6 unspecified atom stereocenters. The van der Waals surface area contributed by atoms with Gasteiger partial charge in [0.2, 0.25) is 0 Å². The molecule has 83 heavy (non-hydrogen) atoms. The molecule has 0 aromatic heterocycles. The van der Waals surface area contributed by atoms with Gasteiger partial charge in [-0.1, -0.05) is 291 Å². The Hall–Kier alpha value is -5.11.